The van der Waals surface area contributed by atoms with E-state index in [-0.39, 0.29) is 17.9 Å². The number of nitrogens with one attached hydrogen (secondary N) is 1. The largest absolute Gasteiger partial charge is 0.484 e. The Kier molecular flexibility index (Phi) is 7.81. The summed E-state index contributed by atoms with van der Waals surface area (Å²) in [7, 11) is 0. The number of hydrogen-bond acceptors (Lipinski definition) is 4. The lowest BCUT2D eigenvalue weighted by atomic mass is 9.87. The summed E-state index contributed by atoms with van der Waals surface area (Å²) >= 11 is 0. The molecule has 0 saturated carbocycles. The van der Waals surface area contributed by atoms with Gasteiger partial charge in [0, 0.05) is 17.1 Å². The summed E-state index contributed by atoms with van der Waals surface area (Å²) in [6.45, 7) is 6.37. The summed E-state index contributed by atoms with van der Waals surface area (Å²) in [4.78, 5) is 14.3. The fraction of sp³-hybridized carbons (Fsp3) is 0.161. The molecule has 0 unspecified atom stereocenters. The normalized spacial score (nSPS) is 11.3. The van der Waals surface area contributed by atoms with Crippen LogP contribution in [0.3, 0.4) is 0 Å². The molecule has 5 nitrogen and oxygen atoms in total. The average Bonchev–Trinajstić information content (AvgIpc) is 2.89. The maximum Gasteiger partial charge on any atom is 0.277 e. The van der Waals surface area contributed by atoms with E-state index >= 15 is 0 Å². The van der Waals surface area contributed by atoms with Crippen LogP contribution in [0.15, 0.2) is 114 Å². The molecule has 0 saturated heterocycles. The summed E-state index contributed by atoms with van der Waals surface area (Å²) in [6.07, 6.45) is 1.62. The lowest BCUT2D eigenvalue weighted by Crippen LogP contribution is -2.24. The predicted molar refractivity (Wildman–Crippen MR) is 147 cm³/mol. The van der Waals surface area contributed by atoms with Gasteiger partial charge in [-0.15, -0.1) is 0 Å². The molecule has 0 aromatic heterocycles. The third-order valence-corrected chi connectivity index (χ3v) is 5.67. The first-order chi connectivity index (χ1) is 17.4. The molecule has 0 atom stereocenters. The Bertz CT molecular complexity index is 1240. The van der Waals surface area contributed by atoms with Crippen LogP contribution in [-0.2, 0) is 10.2 Å². The molecular formula is C31H31N3O2. The molecule has 0 aliphatic rings. The second kappa shape index (κ2) is 11.4. The summed E-state index contributed by atoms with van der Waals surface area (Å²) in [5, 5.41) is 4.07. The minimum atomic E-state index is -0.318. The van der Waals surface area contributed by atoms with Crippen LogP contribution >= 0.6 is 0 Å². The molecule has 0 fully saturated rings. The topological polar surface area (TPSA) is 53.9 Å². The number of anilines is 3. The number of rotatable bonds is 8. The first-order valence-corrected chi connectivity index (χ1v) is 12.0. The zero-order chi connectivity index (χ0) is 25.4. The fourth-order valence-electron chi connectivity index (χ4n) is 3.72. The van der Waals surface area contributed by atoms with Gasteiger partial charge >= 0.3 is 0 Å². The second-order valence-electron chi connectivity index (χ2n) is 9.45. The minimum absolute atomic E-state index is 0.0736. The van der Waals surface area contributed by atoms with Crippen LogP contribution in [0.5, 0.6) is 5.75 Å². The van der Waals surface area contributed by atoms with Crippen LogP contribution in [0.2, 0.25) is 0 Å². The quantitative estimate of drug-likeness (QED) is 0.220. The molecule has 0 aliphatic heterocycles. The highest BCUT2D eigenvalue weighted by Crippen LogP contribution is 2.33. The Labute approximate surface area is 213 Å². The number of hydrazone groups is 1. The van der Waals surface area contributed by atoms with Crippen molar-refractivity contribution in [1.29, 1.82) is 0 Å². The van der Waals surface area contributed by atoms with E-state index in [1.807, 2.05) is 84.9 Å². The van der Waals surface area contributed by atoms with Crippen molar-refractivity contribution in [3.05, 3.63) is 120 Å². The van der Waals surface area contributed by atoms with Crippen molar-refractivity contribution in [2.45, 2.75) is 26.2 Å². The Morgan fingerprint density at radius 2 is 1.31 bits per heavy atom. The number of carbonyl (C=O) groups is 1. The van der Waals surface area contributed by atoms with E-state index in [1.54, 1.807) is 6.21 Å². The monoisotopic (exact) mass is 477 g/mol. The Morgan fingerprint density at radius 3 is 1.83 bits per heavy atom. The lowest BCUT2D eigenvalue weighted by molar-refractivity contribution is -0.123. The van der Waals surface area contributed by atoms with Crippen LogP contribution in [-0.4, -0.2) is 18.7 Å². The molecule has 4 aromatic carbocycles. The molecule has 36 heavy (non-hydrogen) atoms. The molecule has 0 bridgehead atoms. The van der Waals surface area contributed by atoms with Gasteiger partial charge in [0.2, 0.25) is 0 Å². The number of carbonyl (C=O) groups excluding carboxylic acids is 1. The zero-order valence-corrected chi connectivity index (χ0v) is 20.9. The molecule has 0 spiro atoms. The molecule has 4 rings (SSSR count). The third kappa shape index (κ3) is 6.60. The summed E-state index contributed by atoms with van der Waals surface area (Å²) < 4.78 is 5.57. The highest BCUT2D eigenvalue weighted by molar-refractivity contribution is 5.84. The zero-order valence-electron chi connectivity index (χ0n) is 20.9. The summed E-state index contributed by atoms with van der Waals surface area (Å²) in [6, 6.07) is 36.3. The molecule has 0 radical (unpaired) electrons. The first-order valence-electron chi connectivity index (χ1n) is 12.0. The molecule has 4 aromatic rings. The van der Waals surface area contributed by atoms with Gasteiger partial charge in [0.05, 0.1) is 6.21 Å². The first kappa shape index (κ1) is 24.7. The molecule has 0 aliphatic carbocycles. The van der Waals surface area contributed by atoms with Crippen molar-refractivity contribution in [3.63, 3.8) is 0 Å². The summed E-state index contributed by atoms with van der Waals surface area (Å²) in [5.74, 6) is 0.334. The fourth-order valence-corrected chi connectivity index (χ4v) is 3.72. The number of benzene rings is 4. The molecule has 5 heteroatoms. The Hall–Kier alpha value is -4.38. The average molecular weight is 478 g/mol. The van der Waals surface area contributed by atoms with E-state index in [2.05, 4.69) is 60.5 Å². The standard InChI is InChI=1S/C31H31N3O2/c1-31(2,3)25-16-20-29(21-17-25)36-23-30(35)33-32-22-24-14-18-28(19-15-24)34(26-10-6-4-7-11-26)27-12-8-5-9-13-27/h4-22H,23H2,1-3H3,(H,33,35)/b32-22+. The van der Waals surface area contributed by atoms with Crippen molar-refractivity contribution >= 4 is 29.2 Å². The lowest BCUT2D eigenvalue weighted by Gasteiger charge is -2.25. The smallest absolute Gasteiger partial charge is 0.277 e. The molecule has 1 N–H and O–H groups in total. The van der Waals surface area contributed by atoms with Gasteiger partial charge in [-0.2, -0.15) is 5.10 Å². The van der Waals surface area contributed by atoms with Crippen LogP contribution in [0.4, 0.5) is 17.1 Å². The number of ether oxygens (including phenoxy) is 1. The maximum absolute atomic E-state index is 12.1. The van der Waals surface area contributed by atoms with E-state index in [1.165, 1.54) is 5.56 Å². The summed E-state index contributed by atoms with van der Waals surface area (Å²) in [5.41, 5.74) is 7.86. The van der Waals surface area contributed by atoms with Gasteiger partial charge in [0.15, 0.2) is 6.61 Å². The van der Waals surface area contributed by atoms with Gasteiger partial charge in [-0.3, -0.25) is 4.79 Å². The maximum atomic E-state index is 12.1. The number of para-hydroxylation sites is 2. The van der Waals surface area contributed by atoms with E-state index in [4.69, 9.17) is 4.74 Å². The van der Waals surface area contributed by atoms with Crippen molar-refractivity contribution in [1.82, 2.24) is 5.43 Å². The van der Waals surface area contributed by atoms with Gasteiger partial charge < -0.3 is 9.64 Å². The highest BCUT2D eigenvalue weighted by atomic mass is 16.5. The van der Waals surface area contributed by atoms with Crippen molar-refractivity contribution in [3.8, 4) is 5.75 Å². The number of nitrogens with zero attached hydrogens (tertiary/aromatic N) is 2. The number of amides is 1. The Balaban J connectivity index is 1.35. The van der Waals surface area contributed by atoms with Crippen LogP contribution in [0.1, 0.15) is 31.9 Å². The molecule has 1 amide bonds. The SMILES string of the molecule is CC(C)(C)c1ccc(OCC(=O)N/N=C/c2ccc(N(c3ccccc3)c3ccccc3)cc2)cc1. The van der Waals surface area contributed by atoms with Crippen LogP contribution < -0.4 is 15.1 Å². The van der Waals surface area contributed by atoms with Crippen LogP contribution in [0, 0.1) is 0 Å². The van der Waals surface area contributed by atoms with Crippen molar-refractivity contribution < 1.29 is 9.53 Å². The number of hydrogen-bond donors (Lipinski definition) is 1. The van der Waals surface area contributed by atoms with Crippen molar-refractivity contribution in [2.24, 2.45) is 5.10 Å². The van der Waals surface area contributed by atoms with E-state index in [0.717, 1.165) is 22.6 Å². The van der Waals surface area contributed by atoms with Crippen molar-refractivity contribution in [2.75, 3.05) is 11.5 Å². The van der Waals surface area contributed by atoms with E-state index in [0.29, 0.717) is 5.75 Å². The second-order valence-corrected chi connectivity index (χ2v) is 9.45. The highest BCUT2D eigenvalue weighted by Gasteiger charge is 2.13. The molecule has 0 heterocycles. The van der Waals surface area contributed by atoms with Gasteiger partial charge in [-0.1, -0.05) is 81.4 Å². The van der Waals surface area contributed by atoms with Gasteiger partial charge in [0.1, 0.15) is 5.75 Å². The molecule has 182 valence electrons. The minimum Gasteiger partial charge on any atom is -0.484 e. The molecular weight excluding hydrogens is 446 g/mol. The van der Waals surface area contributed by atoms with Gasteiger partial charge in [0.25, 0.3) is 5.91 Å². The van der Waals surface area contributed by atoms with Gasteiger partial charge in [-0.25, -0.2) is 5.43 Å². The Morgan fingerprint density at radius 1 is 0.778 bits per heavy atom. The van der Waals surface area contributed by atoms with Crippen LogP contribution in [0.25, 0.3) is 0 Å². The van der Waals surface area contributed by atoms with E-state index < -0.39 is 0 Å². The van der Waals surface area contributed by atoms with Gasteiger partial charge in [-0.05, 0) is 65.1 Å². The third-order valence-electron chi connectivity index (χ3n) is 5.67. The van der Waals surface area contributed by atoms with E-state index in [9.17, 15) is 4.79 Å². The predicted octanol–water partition coefficient (Wildman–Crippen LogP) is 6.98.